The molecule has 0 spiro atoms. The Labute approximate surface area is 118 Å². The predicted molar refractivity (Wildman–Crippen MR) is 81.3 cm³/mol. The van der Waals surface area contributed by atoms with Crippen LogP contribution in [0.1, 0.15) is 15.9 Å². The number of rotatable bonds is 3. The molecular formula is C16H18N2O2. The summed E-state index contributed by atoms with van der Waals surface area (Å²) in [5, 5.41) is 0. The molecule has 0 aliphatic rings. The van der Waals surface area contributed by atoms with Crippen LogP contribution in [0.25, 0.3) is 0 Å². The van der Waals surface area contributed by atoms with Gasteiger partial charge in [-0.15, -0.1) is 0 Å². The fraction of sp³-hybridized carbons (Fsp3) is 0.188. The number of hydrogen-bond acceptors (Lipinski definition) is 3. The van der Waals surface area contributed by atoms with Gasteiger partial charge in [-0.2, -0.15) is 0 Å². The fourth-order valence-corrected chi connectivity index (χ4v) is 2.03. The average molecular weight is 270 g/mol. The van der Waals surface area contributed by atoms with E-state index in [1.54, 1.807) is 30.1 Å². The number of amides is 1. The topological polar surface area (TPSA) is 55.6 Å². The third kappa shape index (κ3) is 2.74. The van der Waals surface area contributed by atoms with Crippen molar-refractivity contribution >= 4 is 17.3 Å². The number of carbonyl (C=O) groups is 1. The first kappa shape index (κ1) is 13.9. The molecular weight excluding hydrogens is 252 g/mol. The van der Waals surface area contributed by atoms with Gasteiger partial charge < -0.3 is 15.4 Å². The summed E-state index contributed by atoms with van der Waals surface area (Å²) in [4.78, 5) is 14.2. The Balaban J connectivity index is 2.38. The number of nitrogen functional groups attached to an aromatic ring is 1. The lowest BCUT2D eigenvalue weighted by Crippen LogP contribution is -2.26. The van der Waals surface area contributed by atoms with Crippen molar-refractivity contribution in [2.75, 3.05) is 24.8 Å². The maximum atomic E-state index is 12.6. The number of benzene rings is 2. The van der Waals surface area contributed by atoms with E-state index in [1.807, 2.05) is 31.2 Å². The van der Waals surface area contributed by atoms with Gasteiger partial charge in [0.2, 0.25) is 0 Å². The normalized spacial score (nSPS) is 10.2. The van der Waals surface area contributed by atoms with Crippen LogP contribution in [0.15, 0.2) is 42.5 Å². The number of ether oxygens (including phenoxy) is 1. The summed E-state index contributed by atoms with van der Waals surface area (Å²) < 4.78 is 5.23. The Morgan fingerprint density at radius 2 is 1.95 bits per heavy atom. The highest BCUT2D eigenvalue weighted by Gasteiger charge is 2.18. The number of anilines is 2. The molecule has 0 unspecified atom stereocenters. The Morgan fingerprint density at radius 3 is 2.60 bits per heavy atom. The van der Waals surface area contributed by atoms with Crippen LogP contribution in [0.3, 0.4) is 0 Å². The van der Waals surface area contributed by atoms with Crippen LogP contribution >= 0.6 is 0 Å². The van der Waals surface area contributed by atoms with Gasteiger partial charge in [0, 0.05) is 18.4 Å². The van der Waals surface area contributed by atoms with Crippen LogP contribution in [0, 0.1) is 6.92 Å². The Morgan fingerprint density at radius 1 is 1.20 bits per heavy atom. The minimum atomic E-state index is -0.153. The first-order valence-corrected chi connectivity index (χ1v) is 6.31. The van der Waals surface area contributed by atoms with Crippen LogP contribution < -0.4 is 15.4 Å². The van der Waals surface area contributed by atoms with Gasteiger partial charge in [0.15, 0.2) is 0 Å². The Kier molecular flexibility index (Phi) is 3.94. The molecule has 0 bridgehead atoms. The Bertz CT molecular complexity index is 638. The van der Waals surface area contributed by atoms with E-state index in [0.717, 1.165) is 11.3 Å². The van der Waals surface area contributed by atoms with Crippen molar-refractivity contribution < 1.29 is 9.53 Å². The quantitative estimate of drug-likeness (QED) is 0.872. The average Bonchev–Trinajstić information content (AvgIpc) is 2.45. The zero-order valence-electron chi connectivity index (χ0n) is 11.9. The molecule has 0 atom stereocenters. The van der Waals surface area contributed by atoms with Crippen LogP contribution in [-0.2, 0) is 0 Å². The second kappa shape index (κ2) is 5.65. The number of carbonyl (C=O) groups excluding carboxylic acids is 1. The number of hydrogen-bond donors (Lipinski definition) is 1. The second-order valence-electron chi connectivity index (χ2n) is 4.66. The first-order chi connectivity index (χ1) is 9.52. The van der Waals surface area contributed by atoms with Gasteiger partial charge in [-0.3, -0.25) is 4.79 Å². The SMILES string of the molecule is COc1ccc(N)cc1C(=O)N(C)c1cccc(C)c1. The molecule has 2 aromatic carbocycles. The lowest BCUT2D eigenvalue weighted by Gasteiger charge is -2.19. The van der Waals surface area contributed by atoms with Crippen molar-refractivity contribution in [3.05, 3.63) is 53.6 Å². The van der Waals surface area contributed by atoms with Crippen LogP contribution in [-0.4, -0.2) is 20.1 Å². The molecule has 0 fully saturated rings. The molecule has 2 rings (SSSR count). The van der Waals surface area contributed by atoms with E-state index < -0.39 is 0 Å². The summed E-state index contributed by atoms with van der Waals surface area (Å²) in [6.07, 6.45) is 0. The van der Waals surface area contributed by atoms with Crippen LogP contribution in [0.4, 0.5) is 11.4 Å². The van der Waals surface area contributed by atoms with Crippen molar-refractivity contribution in [2.24, 2.45) is 0 Å². The van der Waals surface area contributed by atoms with E-state index in [9.17, 15) is 4.79 Å². The lowest BCUT2D eigenvalue weighted by atomic mass is 10.1. The van der Waals surface area contributed by atoms with Gasteiger partial charge in [0.05, 0.1) is 12.7 Å². The van der Waals surface area contributed by atoms with Gasteiger partial charge >= 0.3 is 0 Å². The van der Waals surface area contributed by atoms with Crippen LogP contribution in [0.5, 0.6) is 5.75 Å². The molecule has 1 amide bonds. The maximum Gasteiger partial charge on any atom is 0.261 e. The highest BCUT2D eigenvalue weighted by atomic mass is 16.5. The molecule has 20 heavy (non-hydrogen) atoms. The largest absolute Gasteiger partial charge is 0.496 e. The molecule has 4 heteroatoms. The summed E-state index contributed by atoms with van der Waals surface area (Å²) in [5.41, 5.74) is 8.68. The predicted octanol–water partition coefficient (Wildman–Crippen LogP) is 2.86. The third-order valence-electron chi connectivity index (χ3n) is 3.15. The molecule has 2 N–H and O–H groups in total. The molecule has 0 aromatic heterocycles. The molecule has 4 nitrogen and oxygen atoms in total. The summed E-state index contributed by atoms with van der Waals surface area (Å²) in [7, 11) is 3.27. The van der Waals surface area contributed by atoms with E-state index in [4.69, 9.17) is 10.5 Å². The van der Waals surface area contributed by atoms with Gasteiger partial charge in [0.1, 0.15) is 5.75 Å². The van der Waals surface area contributed by atoms with E-state index >= 15 is 0 Å². The molecule has 2 aromatic rings. The van der Waals surface area contributed by atoms with Crippen LogP contribution in [0.2, 0.25) is 0 Å². The van der Waals surface area contributed by atoms with Crippen molar-refractivity contribution in [3.63, 3.8) is 0 Å². The molecule has 104 valence electrons. The summed E-state index contributed by atoms with van der Waals surface area (Å²) in [5.74, 6) is 0.364. The van der Waals surface area contributed by atoms with Crippen molar-refractivity contribution in [1.82, 2.24) is 0 Å². The molecule has 0 saturated carbocycles. The maximum absolute atomic E-state index is 12.6. The monoisotopic (exact) mass is 270 g/mol. The molecule has 0 aliphatic heterocycles. The highest BCUT2D eigenvalue weighted by molar-refractivity contribution is 6.08. The highest BCUT2D eigenvalue weighted by Crippen LogP contribution is 2.25. The van der Waals surface area contributed by atoms with Crippen molar-refractivity contribution in [3.8, 4) is 5.75 Å². The molecule has 0 radical (unpaired) electrons. The number of methoxy groups -OCH3 is 1. The van der Waals surface area contributed by atoms with Gasteiger partial charge in [-0.05, 0) is 42.8 Å². The molecule has 0 aliphatic carbocycles. The molecule has 0 heterocycles. The number of aryl methyl sites for hydroxylation is 1. The first-order valence-electron chi connectivity index (χ1n) is 6.31. The zero-order chi connectivity index (χ0) is 14.7. The second-order valence-corrected chi connectivity index (χ2v) is 4.66. The lowest BCUT2D eigenvalue weighted by molar-refractivity contribution is 0.0990. The zero-order valence-corrected chi connectivity index (χ0v) is 11.9. The van der Waals surface area contributed by atoms with Crippen molar-refractivity contribution in [2.45, 2.75) is 6.92 Å². The standard InChI is InChI=1S/C16H18N2O2/c1-11-5-4-6-13(9-11)18(2)16(19)14-10-12(17)7-8-15(14)20-3/h4-10H,17H2,1-3H3. The van der Waals surface area contributed by atoms with Gasteiger partial charge in [-0.1, -0.05) is 12.1 Å². The molecule has 0 saturated heterocycles. The smallest absolute Gasteiger partial charge is 0.261 e. The minimum absolute atomic E-state index is 0.153. The van der Waals surface area contributed by atoms with E-state index in [-0.39, 0.29) is 5.91 Å². The van der Waals surface area contributed by atoms with Gasteiger partial charge in [0.25, 0.3) is 5.91 Å². The summed E-state index contributed by atoms with van der Waals surface area (Å²) >= 11 is 0. The Hall–Kier alpha value is -2.49. The minimum Gasteiger partial charge on any atom is -0.496 e. The van der Waals surface area contributed by atoms with Crippen molar-refractivity contribution in [1.29, 1.82) is 0 Å². The summed E-state index contributed by atoms with van der Waals surface area (Å²) in [6, 6.07) is 12.8. The third-order valence-corrected chi connectivity index (χ3v) is 3.15. The summed E-state index contributed by atoms with van der Waals surface area (Å²) in [6.45, 7) is 1.99. The van der Waals surface area contributed by atoms with Gasteiger partial charge in [-0.25, -0.2) is 0 Å². The van der Waals surface area contributed by atoms with E-state index in [0.29, 0.717) is 17.0 Å². The fourth-order valence-electron chi connectivity index (χ4n) is 2.03. The number of nitrogens with two attached hydrogens (primary N) is 1. The number of nitrogens with zero attached hydrogens (tertiary/aromatic N) is 1. The van der Waals surface area contributed by atoms with E-state index in [1.165, 1.54) is 7.11 Å². The van der Waals surface area contributed by atoms with E-state index in [2.05, 4.69) is 0 Å².